The Morgan fingerprint density at radius 2 is 1.65 bits per heavy atom. The van der Waals surface area contributed by atoms with Crippen LogP contribution in [0.2, 0.25) is 0 Å². The standard InChI is InChI=1S/C20H18N2O4/c1-13-10-15-11-19(25-2)20(26-3)12-17(15)18(21-13)9-6-14-4-7-16(8-5-14)22(23)24/h4-12H,1-3H3. The van der Waals surface area contributed by atoms with Crippen LogP contribution in [0.1, 0.15) is 17.0 Å². The molecule has 26 heavy (non-hydrogen) atoms. The summed E-state index contributed by atoms with van der Waals surface area (Å²) in [5, 5.41) is 12.7. The van der Waals surface area contributed by atoms with Crippen molar-refractivity contribution in [2.75, 3.05) is 14.2 Å². The molecule has 0 aliphatic carbocycles. The Kier molecular flexibility index (Phi) is 4.84. The number of hydrogen-bond acceptors (Lipinski definition) is 5. The third-order valence-electron chi connectivity index (χ3n) is 4.03. The second-order valence-corrected chi connectivity index (χ2v) is 5.76. The van der Waals surface area contributed by atoms with E-state index in [1.807, 2.05) is 37.3 Å². The summed E-state index contributed by atoms with van der Waals surface area (Å²) in [7, 11) is 3.20. The molecule has 6 heteroatoms. The number of methoxy groups -OCH3 is 2. The molecular weight excluding hydrogens is 332 g/mol. The Morgan fingerprint density at radius 1 is 1.00 bits per heavy atom. The maximum absolute atomic E-state index is 10.7. The monoisotopic (exact) mass is 350 g/mol. The number of benzene rings is 2. The van der Waals surface area contributed by atoms with Crippen LogP contribution in [0.25, 0.3) is 22.9 Å². The number of hydrogen-bond donors (Lipinski definition) is 0. The lowest BCUT2D eigenvalue weighted by Gasteiger charge is -2.11. The SMILES string of the molecule is COc1cc2cc(C)nc(C=Cc3ccc([N+](=O)[O-])cc3)c2cc1OC. The molecular formula is C20H18N2O4. The molecule has 1 heterocycles. The highest BCUT2D eigenvalue weighted by atomic mass is 16.6. The second kappa shape index (κ2) is 7.23. The van der Waals surface area contributed by atoms with E-state index in [1.54, 1.807) is 26.4 Å². The molecule has 0 N–H and O–H groups in total. The molecule has 0 amide bonds. The van der Waals surface area contributed by atoms with Gasteiger partial charge in [0.15, 0.2) is 11.5 Å². The van der Waals surface area contributed by atoms with Crippen molar-refractivity contribution in [3.63, 3.8) is 0 Å². The van der Waals surface area contributed by atoms with E-state index in [0.717, 1.165) is 27.7 Å². The largest absolute Gasteiger partial charge is 0.493 e. The first-order chi connectivity index (χ1) is 12.5. The summed E-state index contributed by atoms with van der Waals surface area (Å²) < 4.78 is 10.8. The number of nitrogens with zero attached hydrogens (tertiary/aromatic N) is 2. The molecule has 6 nitrogen and oxygen atoms in total. The van der Waals surface area contributed by atoms with E-state index in [9.17, 15) is 10.1 Å². The van der Waals surface area contributed by atoms with Crippen LogP contribution in [-0.4, -0.2) is 24.1 Å². The Balaban J connectivity index is 2.04. The van der Waals surface area contributed by atoms with Crippen LogP contribution in [0.5, 0.6) is 11.5 Å². The van der Waals surface area contributed by atoms with Crippen molar-refractivity contribution < 1.29 is 14.4 Å². The zero-order chi connectivity index (χ0) is 18.7. The van der Waals surface area contributed by atoms with Crippen molar-refractivity contribution in [1.29, 1.82) is 0 Å². The van der Waals surface area contributed by atoms with E-state index < -0.39 is 4.92 Å². The van der Waals surface area contributed by atoms with Crippen LogP contribution in [0, 0.1) is 17.0 Å². The summed E-state index contributed by atoms with van der Waals surface area (Å²) in [5.41, 5.74) is 2.60. The number of nitro benzene ring substituents is 1. The number of ether oxygens (including phenoxy) is 2. The first kappa shape index (κ1) is 17.4. The number of non-ortho nitro benzene ring substituents is 1. The lowest BCUT2D eigenvalue weighted by Crippen LogP contribution is -1.94. The van der Waals surface area contributed by atoms with Crippen LogP contribution in [0.4, 0.5) is 5.69 Å². The Morgan fingerprint density at radius 3 is 2.27 bits per heavy atom. The maximum atomic E-state index is 10.7. The molecule has 0 fully saturated rings. The minimum atomic E-state index is -0.414. The van der Waals surface area contributed by atoms with Crippen LogP contribution in [0.15, 0.2) is 42.5 Å². The summed E-state index contributed by atoms with van der Waals surface area (Å²) >= 11 is 0. The predicted molar refractivity (Wildman–Crippen MR) is 102 cm³/mol. The fourth-order valence-corrected chi connectivity index (χ4v) is 2.75. The van der Waals surface area contributed by atoms with Crippen LogP contribution < -0.4 is 9.47 Å². The van der Waals surface area contributed by atoms with Crippen molar-refractivity contribution in [2.45, 2.75) is 6.92 Å². The fourth-order valence-electron chi connectivity index (χ4n) is 2.75. The summed E-state index contributed by atoms with van der Waals surface area (Å²) in [6, 6.07) is 12.2. The molecule has 0 saturated carbocycles. The summed E-state index contributed by atoms with van der Waals surface area (Å²) in [6.45, 7) is 1.93. The third-order valence-corrected chi connectivity index (χ3v) is 4.03. The minimum Gasteiger partial charge on any atom is -0.493 e. The quantitative estimate of drug-likeness (QED) is 0.495. The molecule has 0 aliphatic heterocycles. The van der Waals surface area contributed by atoms with Gasteiger partial charge in [0.2, 0.25) is 0 Å². The molecule has 0 saturated heterocycles. The highest BCUT2D eigenvalue weighted by molar-refractivity contribution is 5.93. The van der Waals surface area contributed by atoms with E-state index >= 15 is 0 Å². The van der Waals surface area contributed by atoms with E-state index in [0.29, 0.717) is 11.5 Å². The molecule has 0 bridgehead atoms. The van der Waals surface area contributed by atoms with Gasteiger partial charge in [-0.3, -0.25) is 15.1 Å². The molecule has 0 spiro atoms. The Hall–Kier alpha value is -3.41. The summed E-state index contributed by atoms with van der Waals surface area (Å²) in [4.78, 5) is 14.9. The average molecular weight is 350 g/mol. The number of pyridine rings is 1. The molecule has 3 rings (SSSR count). The average Bonchev–Trinajstić information content (AvgIpc) is 2.65. The second-order valence-electron chi connectivity index (χ2n) is 5.76. The first-order valence-corrected chi connectivity index (χ1v) is 7.97. The van der Waals surface area contributed by atoms with E-state index in [1.165, 1.54) is 12.1 Å². The van der Waals surface area contributed by atoms with Gasteiger partial charge in [-0.05, 0) is 54.3 Å². The molecule has 0 unspecified atom stereocenters. The molecule has 0 atom stereocenters. The van der Waals surface area contributed by atoms with Gasteiger partial charge in [-0.1, -0.05) is 6.08 Å². The number of nitro groups is 1. The number of fused-ring (bicyclic) bond motifs is 1. The summed E-state index contributed by atoms with van der Waals surface area (Å²) in [5.74, 6) is 1.30. The fraction of sp³-hybridized carbons (Fsp3) is 0.150. The lowest BCUT2D eigenvalue weighted by atomic mass is 10.1. The molecule has 1 aromatic heterocycles. The Labute approximate surface area is 150 Å². The molecule has 0 radical (unpaired) electrons. The molecule has 132 valence electrons. The lowest BCUT2D eigenvalue weighted by molar-refractivity contribution is -0.384. The molecule has 0 aliphatic rings. The number of aryl methyl sites for hydroxylation is 1. The van der Waals surface area contributed by atoms with Gasteiger partial charge in [-0.2, -0.15) is 0 Å². The van der Waals surface area contributed by atoms with Gasteiger partial charge in [0.1, 0.15) is 0 Å². The van der Waals surface area contributed by atoms with Crippen molar-refractivity contribution in [2.24, 2.45) is 0 Å². The number of rotatable bonds is 5. The zero-order valence-electron chi connectivity index (χ0n) is 14.7. The van der Waals surface area contributed by atoms with Gasteiger partial charge >= 0.3 is 0 Å². The third kappa shape index (κ3) is 3.49. The minimum absolute atomic E-state index is 0.0677. The first-order valence-electron chi connectivity index (χ1n) is 7.97. The van der Waals surface area contributed by atoms with Gasteiger partial charge in [-0.15, -0.1) is 0 Å². The van der Waals surface area contributed by atoms with Crippen LogP contribution >= 0.6 is 0 Å². The maximum Gasteiger partial charge on any atom is 0.269 e. The number of aromatic nitrogens is 1. The van der Waals surface area contributed by atoms with E-state index in [-0.39, 0.29) is 5.69 Å². The topological polar surface area (TPSA) is 74.5 Å². The van der Waals surface area contributed by atoms with Gasteiger partial charge in [0, 0.05) is 23.2 Å². The van der Waals surface area contributed by atoms with E-state index in [2.05, 4.69) is 4.98 Å². The van der Waals surface area contributed by atoms with Gasteiger partial charge in [0.05, 0.1) is 24.8 Å². The highest BCUT2D eigenvalue weighted by Crippen LogP contribution is 2.34. The van der Waals surface area contributed by atoms with Crippen LogP contribution in [0.3, 0.4) is 0 Å². The van der Waals surface area contributed by atoms with E-state index in [4.69, 9.17) is 9.47 Å². The summed E-state index contributed by atoms with van der Waals surface area (Å²) in [6.07, 6.45) is 3.77. The van der Waals surface area contributed by atoms with Gasteiger partial charge in [-0.25, -0.2) is 0 Å². The normalized spacial score (nSPS) is 11.0. The highest BCUT2D eigenvalue weighted by Gasteiger charge is 2.10. The molecule has 2 aromatic carbocycles. The molecule has 3 aromatic rings. The van der Waals surface area contributed by atoms with Crippen LogP contribution in [-0.2, 0) is 0 Å². The van der Waals surface area contributed by atoms with Crippen molar-refractivity contribution in [3.8, 4) is 11.5 Å². The van der Waals surface area contributed by atoms with Gasteiger partial charge in [0.25, 0.3) is 5.69 Å². The smallest absolute Gasteiger partial charge is 0.269 e. The van der Waals surface area contributed by atoms with Gasteiger partial charge < -0.3 is 9.47 Å². The Bertz CT molecular complexity index is 995. The van der Waals surface area contributed by atoms with Crippen molar-refractivity contribution in [3.05, 3.63) is 69.5 Å². The van der Waals surface area contributed by atoms with Crippen molar-refractivity contribution in [1.82, 2.24) is 4.98 Å². The zero-order valence-corrected chi connectivity index (χ0v) is 14.7. The van der Waals surface area contributed by atoms with Crippen molar-refractivity contribution >= 4 is 28.6 Å². The predicted octanol–water partition coefficient (Wildman–Crippen LogP) is 4.64.